The number of hydrogen-bond donors (Lipinski definition) is 1. The zero-order valence-electron chi connectivity index (χ0n) is 8.67. The number of carbonyl (C=O) groups excluding carboxylic acids is 1. The smallest absolute Gasteiger partial charge is 0.232 e. The first-order chi connectivity index (χ1) is 7.74. The Morgan fingerprint density at radius 3 is 3.06 bits per heavy atom. The minimum atomic E-state index is -0.118. The molecular weight excluding hydrogens is 224 g/mol. The molecule has 82 valence electrons. The molecule has 0 unspecified atom stereocenters. The molecular formula is C10H10N4OS. The second-order valence-corrected chi connectivity index (χ2v) is 4.14. The van der Waals surface area contributed by atoms with Crippen molar-refractivity contribution in [1.29, 1.82) is 0 Å². The van der Waals surface area contributed by atoms with Crippen LogP contribution in [0, 0.1) is 6.92 Å². The Morgan fingerprint density at radius 2 is 2.44 bits per heavy atom. The summed E-state index contributed by atoms with van der Waals surface area (Å²) in [5.41, 5.74) is 0.940. The van der Waals surface area contributed by atoms with Crippen LogP contribution in [0.5, 0.6) is 0 Å². The molecule has 16 heavy (non-hydrogen) atoms. The topological polar surface area (TPSA) is 67.8 Å². The Morgan fingerprint density at radius 1 is 1.56 bits per heavy atom. The van der Waals surface area contributed by atoms with Crippen molar-refractivity contribution < 1.29 is 4.79 Å². The number of carbonyl (C=O) groups is 1. The van der Waals surface area contributed by atoms with E-state index in [1.807, 2.05) is 12.3 Å². The highest BCUT2D eigenvalue weighted by Crippen LogP contribution is 2.10. The fraction of sp³-hybridized carbons (Fsp3) is 0.200. The van der Waals surface area contributed by atoms with Gasteiger partial charge in [-0.25, -0.2) is 15.0 Å². The first-order valence-electron chi connectivity index (χ1n) is 4.71. The van der Waals surface area contributed by atoms with E-state index in [1.165, 1.54) is 17.7 Å². The maximum Gasteiger partial charge on any atom is 0.232 e. The molecule has 5 nitrogen and oxygen atoms in total. The first-order valence-corrected chi connectivity index (χ1v) is 5.59. The average Bonchev–Trinajstić information content (AvgIpc) is 2.65. The normalized spacial score (nSPS) is 10.1. The summed E-state index contributed by atoms with van der Waals surface area (Å²) in [4.78, 5) is 23.5. The predicted octanol–water partition coefficient (Wildman–Crippen LogP) is 1.42. The van der Waals surface area contributed by atoms with Crippen molar-refractivity contribution in [3.63, 3.8) is 0 Å². The lowest BCUT2D eigenvalue weighted by atomic mass is 10.4. The highest BCUT2D eigenvalue weighted by atomic mass is 32.1. The summed E-state index contributed by atoms with van der Waals surface area (Å²) >= 11 is 1.48. The molecule has 0 radical (unpaired) electrons. The number of nitrogens with zero attached hydrogens (tertiary/aromatic N) is 3. The second-order valence-electron chi connectivity index (χ2n) is 3.20. The van der Waals surface area contributed by atoms with Crippen molar-refractivity contribution in [2.75, 3.05) is 5.32 Å². The summed E-state index contributed by atoms with van der Waals surface area (Å²) in [6, 6.07) is 1.64. The van der Waals surface area contributed by atoms with E-state index >= 15 is 0 Å². The Hall–Kier alpha value is -1.82. The van der Waals surface area contributed by atoms with Crippen molar-refractivity contribution in [3.8, 4) is 0 Å². The van der Waals surface area contributed by atoms with Crippen molar-refractivity contribution >= 4 is 23.1 Å². The average molecular weight is 234 g/mol. The van der Waals surface area contributed by atoms with E-state index in [1.54, 1.807) is 12.3 Å². The van der Waals surface area contributed by atoms with Gasteiger partial charge in [-0.3, -0.25) is 4.79 Å². The van der Waals surface area contributed by atoms with Crippen LogP contribution in [-0.2, 0) is 11.2 Å². The third-order valence-electron chi connectivity index (χ3n) is 1.83. The van der Waals surface area contributed by atoms with Crippen LogP contribution < -0.4 is 5.32 Å². The van der Waals surface area contributed by atoms with Crippen LogP contribution in [0.15, 0.2) is 24.0 Å². The van der Waals surface area contributed by atoms with Crippen molar-refractivity contribution in [3.05, 3.63) is 34.7 Å². The Balaban J connectivity index is 1.95. The van der Waals surface area contributed by atoms with Gasteiger partial charge in [0.05, 0.1) is 6.42 Å². The minimum absolute atomic E-state index is 0.118. The molecule has 0 fully saturated rings. The maximum atomic E-state index is 11.6. The van der Waals surface area contributed by atoms with Crippen molar-refractivity contribution in [1.82, 2.24) is 15.0 Å². The Kier molecular flexibility index (Phi) is 3.21. The zero-order valence-corrected chi connectivity index (χ0v) is 9.49. The SMILES string of the molecule is Cc1csc(CC(=O)Nc2ccncn2)n1. The highest BCUT2D eigenvalue weighted by Gasteiger charge is 2.07. The largest absolute Gasteiger partial charge is 0.310 e. The summed E-state index contributed by atoms with van der Waals surface area (Å²) in [5, 5.41) is 5.41. The summed E-state index contributed by atoms with van der Waals surface area (Å²) in [6.07, 6.45) is 3.25. The molecule has 0 bridgehead atoms. The van der Waals surface area contributed by atoms with E-state index in [0.29, 0.717) is 5.82 Å². The van der Waals surface area contributed by atoms with E-state index in [2.05, 4.69) is 20.3 Å². The monoisotopic (exact) mass is 234 g/mol. The number of anilines is 1. The lowest BCUT2D eigenvalue weighted by Crippen LogP contribution is -2.15. The molecule has 1 N–H and O–H groups in total. The highest BCUT2D eigenvalue weighted by molar-refractivity contribution is 7.09. The third kappa shape index (κ3) is 2.83. The van der Waals surface area contributed by atoms with Gasteiger partial charge >= 0.3 is 0 Å². The molecule has 0 saturated heterocycles. The van der Waals surface area contributed by atoms with Gasteiger partial charge < -0.3 is 5.32 Å². The maximum absolute atomic E-state index is 11.6. The van der Waals surface area contributed by atoms with Gasteiger partial charge in [0.2, 0.25) is 5.91 Å². The molecule has 2 aromatic rings. The van der Waals surface area contributed by atoms with Gasteiger partial charge in [-0.1, -0.05) is 0 Å². The van der Waals surface area contributed by atoms with Crippen LogP contribution in [-0.4, -0.2) is 20.9 Å². The van der Waals surface area contributed by atoms with Crippen LogP contribution >= 0.6 is 11.3 Å². The number of hydrogen-bond acceptors (Lipinski definition) is 5. The Labute approximate surface area is 96.6 Å². The molecule has 0 aliphatic rings. The minimum Gasteiger partial charge on any atom is -0.310 e. The molecule has 2 aromatic heterocycles. The van der Waals surface area contributed by atoms with Crippen LogP contribution in [0.3, 0.4) is 0 Å². The van der Waals surface area contributed by atoms with Crippen LogP contribution in [0.4, 0.5) is 5.82 Å². The van der Waals surface area contributed by atoms with E-state index in [9.17, 15) is 4.79 Å². The van der Waals surface area contributed by atoms with E-state index in [4.69, 9.17) is 0 Å². The van der Waals surface area contributed by atoms with E-state index < -0.39 is 0 Å². The quantitative estimate of drug-likeness (QED) is 0.872. The van der Waals surface area contributed by atoms with Gasteiger partial charge in [0.1, 0.15) is 17.2 Å². The van der Waals surface area contributed by atoms with Gasteiger partial charge in [-0.05, 0) is 13.0 Å². The second kappa shape index (κ2) is 4.80. The van der Waals surface area contributed by atoms with Gasteiger partial charge in [-0.15, -0.1) is 11.3 Å². The number of rotatable bonds is 3. The first kappa shape index (κ1) is 10.7. The third-order valence-corrected chi connectivity index (χ3v) is 2.79. The lowest BCUT2D eigenvalue weighted by Gasteiger charge is -2.01. The molecule has 0 atom stereocenters. The molecule has 2 rings (SSSR count). The molecule has 0 aliphatic heterocycles. The van der Waals surface area contributed by atoms with Crippen LogP contribution in [0.2, 0.25) is 0 Å². The van der Waals surface area contributed by atoms with Gasteiger partial charge in [0, 0.05) is 17.3 Å². The van der Waals surface area contributed by atoms with Gasteiger partial charge in [0.15, 0.2) is 0 Å². The van der Waals surface area contributed by atoms with Crippen LogP contribution in [0.1, 0.15) is 10.7 Å². The van der Waals surface area contributed by atoms with Crippen LogP contribution in [0.25, 0.3) is 0 Å². The van der Waals surface area contributed by atoms with Gasteiger partial charge in [-0.2, -0.15) is 0 Å². The fourth-order valence-electron chi connectivity index (χ4n) is 1.17. The van der Waals surface area contributed by atoms with E-state index in [0.717, 1.165) is 10.7 Å². The number of thiazole rings is 1. The Bertz CT molecular complexity index is 483. The molecule has 0 saturated carbocycles. The molecule has 0 spiro atoms. The summed E-state index contributed by atoms with van der Waals surface area (Å²) in [7, 11) is 0. The number of amides is 1. The molecule has 6 heteroatoms. The fourth-order valence-corrected chi connectivity index (χ4v) is 1.94. The van der Waals surface area contributed by atoms with Gasteiger partial charge in [0.25, 0.3) is 0 Å². The van der Waals surface area contributed by atoms with E-state index in [-0.39, 0.29) is 12.3 Å². The summed E-state index contributed by atoms with van der Waals surface area (Å²) < 4.78 is 0. The van der Waals surface area contributed by atoms with Crippen molar-refractivity contribution in [2.24, 2.45) is 0 Å². The number of nitrogens with one attached hydrogen (secondary N) is 1. The summed E-state index contributed by atoms with van der Waals surface area (Å²) in [5.74, 6) is 0.390. The predicted molar refractivity (Wildman–Crippen MR) is 61.2 cm³/mol. The molecule has 1 amide bonds. The number of aryl methyl sites for hydroxylation is 1. The zero-order chi connectivity index (χ0) is 11.4. The number of aromatic nitrogens is 3. The molecule has 2 heterocycles. The molecule has 0 aliphatic carbocycles. The molecule has 0 aromatic carbocycles. The summed E-state index contributed by atoms with van der Waals surface area (Å²) in [6.45, 7) is 1.91. The van der Waals surface area contributed by atoms with Crippen molar-refractivity contribution in [2.45, 2.75) is 13.3 Å². The standard InChI is InChI=1S/C10H10N4OS/c1-7-5-16-10(13-7)4-9(15)14-8-2-3-11-6-12-8/h2-3,5-6H,4H2,1H3,(H,11,12,14,15). The lowest BCUT2D eigenvalue weighted by molar-refractivity contribution is -0.115.